The van der Waals surface area contributed by atoms with Gasteiger partial charge in [-0.1, -0.05) is 6.07 Å². The van der Waals surface area contributed by atoms with Crippen molar-refractivity contribution in [2.45, 2.75) is 19.9 Å². The van der Waals surface area contributed by atoms with Crippen LogP contribution in [0.4, 0.5) is 14.6 Å². The van der Waals surface area contributed by atoms with Crippen LogP contribution in [0.1, 0.15) is 27.2 Å². The van der Waals surface area contributed by atoms with Gasteiger partial charge in [-0.2, -0.15) is 0 Å². The van der Waals surface area contributed by atoms with E-state index in [-0.39, 0.29) is 29.5 Å². The molecular weight excluding hydrogens is 446 g/mol. The van der Waals surface area contributed by atoms with Crippen molar-refractivity contribution in [2.24, 2.45) is 5.92 Å². The molecule has 11 heteroatoms. The zero-order valence-corrected chi connectivity index (χ0v) is 18.2. The summed E-state index contributed by atoms with van der Waals surface area (Å²) in [6.45, 7) is 1.93. The molecule has 164 valence electrons. The Morgan fingerprint density at radius 2 is 2.00 bits per heavy atom. The number of nitrogens with zero attached hydrogens (tertiary/aromatic N) is 2. The third-order valence-corrected chi connectivity index (χ3v) is 8.34. The smallest absolute Gasteiger partial charge is 0.261 e. The van der Waals surface area contributed by atoms with Gasteiger partial charge in [-0.25, -0.2) is 27.2 Å². The number of carbonyl (C=O) groups excluding carboxylic acids is 1. The molecule has 1 aliphatic heterocycles. The molecule has 4 rings (SSSR count). The number of rotatable bonds is 6. The van der Waals surface area contributed by atoms with Crippen molar-refractivity contribution in [2.75, 3.05) is 23.4 Å². The Hall–Kier alpha value is -2.66. The number of hydrogen-bond donors (Lipinski definition) is 2. The van der Waals surface area contributed by atoms with Gasteiger partial charge in [0.05, 0.1) is 21.8 Å². The number of aryl methyl sites for hydroxylation is 1. The van der Waals surface area contributed by atoms with Crippen molar-refractivity contribution in [1.82, 2.24) is 15.3 Å². The molecule has 31 heavy (non-hydrogen) atoms. The molecule has 0 saturated carbocycles. The van der Waals surface area contributed by atoms with Crippen LogP contribution in [0.3, 0.4) is 0 Å². The van der Waals surface area contributed by atoms with Crippen LogP contribution in [0.25, 0.3) is 10.2 Å². The van der Waals surface area contributed by atoms with Gasteiger partial charge >= 0.3 is 0 Å². The van der Waals surface area contributed by atoms with E-state index >= 15 is 0 Å². The Labute approximate surface area is 181 Å². The summed E-state index contributed by atoms with van der Waals surface area (Å²) in [5.41, 5.74) is 0.442. The maximum Gasteiger partial charge on any atom is 0.261 e. The number of anilines is 1. The fourth-order valence-electron chi connectivity index (χ4n) is 3.65. The third kappa shape index (κ3) is 4.52. The van der Waals surface area contributed by atoms with Gasteiger partial charge in [-0.15, -0.1) is 11.3 Å². The number of aromatic nitrogens is 2. The summed E-state index contributed by atoms with van der Waals surface area (Å²) >= 11 is 1.16. The highest BCUT2D eigenvalue weighted by Crippen LogP contribution is 2.33. The Balaban J connectivity index is 1.52. The summed E-state index contributed by atoms with van der Waals surface area (Å²) in [4.78, 5) is 22.2. The minimum absolute atomic E-state index is 0.00684. The lowest BCUT2D eigenvalue weighted by Crippen LogP contribution is -2.23. The van der Waals surface area contributed by atoms with Gasteiger partial charge in [-0.05, 0) is 37.0 Å². The number of fused-ring (bicyclic) bond motifs is 1. The molecule has 1 atom stereocenters. The zero-order valence-electron chi connectivity index (χ0n) is 16.6. The number of thiophene rings is 1. The van der Waals surface area contributed by atoms with Crippen LogP contribution < -0.4 is 10.6 Å². The summed E-state index contributed by atoms with van der Waals surface area (Å²) in [6, 6.07) is 3.54. The predicted molar refractivity (Wildman–Crippen MR) is 115 cm³/mol. The highest BCUT2D eigenvalue weighted by molar-refractivity contribution is 7.91. The van der Waals surface area contributed by atoms with E-state index < -0.39 is 27.4 Å². The maximum absolute atomic E-state index is 13.8. The molecule has 1 amide bonds. The largest absolute Gasteiger partial charge is 0.369 e. The number of amides is 1. The molecular formula is C20H20F2N4O3S2. The van der Waals surface area contributed by atoms with E-state index in [2.05, 4.69) is 20.6 Å². The molecule has 0 bridgehead atoms. The van der Waals surface area contributed by atoms with E-state index in [1.165, 1.54) is 12.4 Å². The quantitative estimate of drug-likeness (QED) is 0.579. The topological polar surface area (TPSA) is 101 Å². The first-order valence-electron chi connectivity index (χ1n) is 9.64. The molecule has 2 N–H and O–H groups in total. The molecule has 1 aromatic carbocycles. The molecule has 0 spiro atoms. The van der Waals surface area contributed by atoms with E-state index in [4.69, 9.17) is 0 Å². The SMILES string of the molecule is Cc1c(C(=O)NCc2c(F)cccc2F)sc2ncnc(NC[C@@H]3CCS(=O)(=O)C3)c12. The normalized spacial score (nSPS) is 17.7. The number of benzene rings is 1. The maximum atomic E-state index is 13.8. The second kappa shape index (κ2) is 8.46. The Bertz CT molecular complexity index is 1240. The van der Waals surface area contributed by atoms with Gasteiger partial charge in [0.1, 0.15) is 28.6 Å². The first kappa shape index (κ1) is 21.6. The zero-order chi connectivity index (χ0) is 22.2. The molecule has 2 aromatic heterocycles. The summed E-state index contributed by atoms with van der Waals surface area (Å²) in [5, 5.41) is 6.43. The lowest BCUT2D eigenvalue weighted by atomic mass is 10.1. The predicted octanol–water partition coefficient (Wildman–Crippen LogP) is 3.05. The van der Waals surface area contributed by atoms with E-state index in [0.29, 0.717) is 39.4 Å². The fraction of sp³-hybridized carbons (Fsp3) is 0.350. The second-order valence-electron chi connectivity index (χ2n) is 7.49. The standard InChI is InChI=1S/C20H20F2N4O3S2/c1-11-16-18(23-7-12-5-6-31(28,29)9-12)25-10-26-20(16)30-17(11)19(27)24-8-13-14(21)3-2-4-15(13)22/h2-4,10,12H,5-9H2,1H3,(H,24,27)(H,23,25,26)/t12-/m0/s1. The number of nitrogens with one attached hydrogen (secondary N) is 2. The summed E-state index contributed by atoms with van der Waals surface area (Å²) in [6.07, 6.45) is 1.98. The minimum Gasteiger partial charge on any atom is -0.369 e. The first-order chi connectivity index (χ1) is 14.7. The van der Waals surface area contributed by atoms with Crippen LogP contribution in [-0.2, 0) is 16.4 Å². The molecule has 0 radical (unpaired) electrons. The van der Waals surface area contributed by atoms with E-state index in [0.717, 1.165) is 23.5 Å². The molecule has 7 nitrogen and oxygen atoms in total. The molecule has 3 heterocycles. The number of halogens is 2. The Morgan fingerprint density at radius 3 is 2.68 bits per heavy atom. The Morgan fingerprint density at radius 1 is 1.26 bits per heavy atom. The van der Waals surface area contributed by atoms with Crippen molar-refractivity contribution in [3.05, 3.63) is 52.2 Å². The summed E-state index contributed by atoms with van der Waals surface area (Å²) in [5.74, 6) is -1.02. The van der Waals surface area contributed by atoms with Crippen LogP contribution in [0.5, 0.6) is 0 Å². The van der Waals surface area contributed by atoms with Crippen LogP contribution in [0, 0.1) is 24.5 Å². The van der Waals surface area contributed by atoms with Crippen molar-refractivity contribution in [1.29, 1.82) is 0 Å². The van der Waals surface area contributed by atoms with Gasteiger partial charge in [0, 0.05) is 18.7 Å². The number of hydrogen-bond acceptors (Lipinski definition) is 7. The number of carbonyl (C=O) groups is 1. The molecule has 1 saturated heterocycles. The minimum atomic E-state index is -2.97. The van der Waals surface area contributed by atoms with E-state index in [9.17, 15) is 22.0 Å². The van der Waals surface area contributed by atoms with Gasteiger partial charge in [-0.3, -0.25) is 4.79 Å². The van der Waals surface area contributed by atoms with Crippen molar-refractivity contribution in [3.8, 4) is 0 Å². The average molecular weight is 467 g/mol. The first-order valence-corrected chi connectivity index (χ1v) is 12.3. The summed E-state index contributed by atoms with van der Waals surface area (Å²) < 4.78 is 50.9. The lowest BCUT2D eigenvalue weighted by Gasteiger charge is -2.11. The van der Waals surface area contributed by atoms with Crippen LogP contribution >= 0.6 is 11.3 Å². The van der Waals surface area contributed by atoms with Gasteiger partial charge < -0.3 is 10.6 Å². The molecule has 1 fully saturated rings. The van der Waals surface area contributed by atoms with Gasteiger partial charge in [0.25, 0.3) is 5.91 Å². The average Bonchev–Trinajstić information content (AvgIpc) is 3.25. The monoisotopic (exact) mass is 466 g/mol. The van der Waals surface area contributed by atoms with Crippen LogP contribution in [0.2, 0.25) is 0 Å². The molecule has 0 unspecified atom stereocenters. The molecule has 1 aliphatic rings. The van der Waals surface area contributed by atoms with Gasteiger partial charge in [0.15, 0.2) is 9.84 Å². The van der Waals surface area contributed by atoms with Crippen molar-refractivity contribution >= 4 is 43.1 Å². The third-order valence-electron chi connectivity index (χ3n) is 5.31. The Kier molecular flexibility index (Phi) is 5.89. The molecule has 0 aliphatic carbocycles. The highest BCUT2D eigenvalue weighted by atomic mass is 32.2. The molecule has 3 aromatic rings. The summed E-state index contributed by atoms with van der Waals surface area (Å²) in [7, 11) is -2.97. The highest BCUT2D eigenvalue weighted by Gasteiger charge is 2.28. The van der Waals surface area contributed by atoms with E-state index in [1.54, 1.807) is 6.92 Å². The van der Waals surface area contributed by atoms with E-state index in [1.807, 2.05) is 0 Å². The van der Waals surface area contributed by atoms with Crippen LogP contribution in [0.15, 0.2) is 24.5 Å². The fourth-order valence-corrected chi connectivity index (χ4v) is 6.57. The lowest BCUT2D eigenvalue weighted by molar-refractivity contribution is 0.0954. The van der Waals surface area contributed by atoms with Gasteiger partial charge in [0.2, 0.25) is 0 Å². The van der Waals surface area contributed by atoms with Crippen molar-refractivity contribution in [3.63, 3.8) is 0 Å². The van der Waals surface area contributed by atoms with Crippen molar-refractivity contribution < 1.29 is 22.0 Å². The number of sulfone groups is 1. The van der Waals surface area contributed by atoms with Crippen LogP contribution in [-0.4, -0.2) is 42.3 Å². The second-order valence-corrected chi connectivity index (χ2v) is 10.7.